The second-order valence-corrected chi connectivity index (χ2v) is 8.55. The van der Waals surface area contributed by atoms with E-state index in [1.54, 1.807) is 0 Å². The van der Waals surface area contributed by atoms with Crippen LogP contribution in [0.5, 0.6) is 0 Å². The van der Waals surface area contributed by atoms with Gasteiger partial charge < -0.3 is 14.3 Å². The van der Waals surface area contributed by atoms with Gasteiger partial charge in [0.25, 0.3) is 0 Å². The van der Waals surface area contributed by atoms with Crippen LogP contribution in [0.2, 0.25) is 0 Å². The third kappa shape index (κ3) is 2.28. The number of hydrogen-bond acceptors (Lipinski definition) is 3. The molecule has 0 radical (unpaired) electrons. The van der Waals surface area contributed by atoms with Crippen molar-refractivity contribution in [3.05, 3.63) is 12.2 Å². The van der Waals surface area contributed by atoms with Crippen molar-refractivity contribution < 1.29 is 14.3 Å². The minimum atomic E-state index is -0.474. The van der Waals surface area contributed by atoms with Crippen LogP contribution in [0.1, 0.15) is 59.8 Å². The Morgan fingerprint density at radius 2 is 1.95 bits per heavy atom. The summed E-state index contributed by atoms with van der Waals surface area (Å²) < 4.78 is 12.3. The Bertz CT molecular complexity index is 483. The molecular weight excluding hydrogens is 276 g/mol. The summed E-state index contributed by atoms with van der Waals surface area (Å²) in [6.07, 6.45) is 6.30. The summed E-state index contributed by atoms with van der Waals surface area (Å²) in [7, 11) is 0. The molecule has 3 fully saturated rings. The summed E-state index contributed by atoms with van der Waals surface area (Å²) in [5, 5.41) is 0. The molecule has 5 atom stereocenters. The first-order valence-corrected chi connectivity index (χ1v) is 8.66. The van der Waals surface area contributed by atoms with Crippen molar-refractivity contribution in [3.8, 4) is 0 Å². The summed E-state index contributed by atoms with van der Waals surface area (Å²) in [6, 6.07) is 0. The van der Waals surface area contributed by atoms with Crippen LogP contribution >= 0.6 is 0 Å². The van der Waals surface area contributed by atoms with Gasteiger partial charge in [-0.1, -0.05) is 26.0 Å². The second-order valence-electron chi connectivity index (χ2n) is 8.55. The zero-order chi connectivity index (χ0) is 16.2. The highest BCUT2D eigenvalue weighted by atomic mass is 16.7. The van der Waals surface area contributed by atoms with E-state index >= 15 is 0 Å². The molecular formula is C19H30O3. The monoisotopic (exact) mass is 306 g/mol. The average molecular weight is 306 g/mol. The highest BCUT2D eigenvalue weighted by molar-refractivity contribution is 5.51. The number of allylic oxidation sites excluding steroid dienone is 1. The van der Waals surface area contributed by atoms with E-state index in [2.05, 4.69) is 20.4 Å². The van der Waals surface area contributed by atoms with E-state index in [0.717, 1.165) is 38.6 Å². The van der Waals surface area contributed by atoms with E-state index in [4.69, 9.17) is 9.47 Å². The molecule has 0 spiro atoms. The molecule has 1 aliphatic heterocycles. The van der Waals surface area contributed by atoms with Gasteiger partial charge in [-0.2, -0.15) is 0 Å². The van der Waals surface area contributed by atoms with E-state index in [1.165, 1.54) is 5.57 Å². The van der Waals surface area contributed by atoms with E-state index in [0.29, 0.717) is 18.3 Å². The zero-order valence-corrected chi connectivity index (χ0v) is 14.5. The smallest absolute Gasteiger partial charge is 0.163 e. The summed E-state index contributed by atoms with van der Waals surface area (Å²) in [5.41, 5.74) is 1.46. The van der Waals surface area contributed by atoms with Gasteiger partial charge in [-0.3, -0.25) is 0 Å². The number of hydrogen-bond donors (Lipinski definition) is 0. The van der Waals surface area contributed by atoms with E-state index in [1.807, 2.05) is 13.8 Å². The van der Waals surface area contributed by atoms with Crippen molar-refractivity contribution in [2.45, 2.75) is 71.7 Å². The van der Waals surface area contributed by atoms with E-state index < -0.39 is 5.79 Å². The molecule has 0 aromatic rings. The van der Waals surface area contributed by atoms with Crippen molar-refractivity contribution in [2.75, 3.05) is 6.61 Å². The summed E-state index contributed by atoms with van der Waals surface area (Å²) >= 11 is 0. The number of carbonyl (C=O) groups is 1. The lowest BCUT2D eigenvalue weighted by atomic mass is 9.46. The average Bonchev–Trinajstić information content (AvgIpc) is 2.44. The highest BCUT2D eigenvalue weighted by Crippen LogP contribution is 2.63. The Morgan fingerprint density at radius 3 is 2.64 bits per heavy atom. The fraction of sp³-hybridized carbons (Fsp3) is 0.842. The van der Waals surface area contributed by atoms with Gasteiger partial charge in [-0.05, 0) is 56.8 Å². The Labute approximate surface area is 134 Å². The van der Waals surface area contributed by atoms with Crippen molar-refractivity contribution in [2.24, 2.45) is 22.7 Å². The molecule has 124 valence electrons. The Morgan fingerprint density at radius 1 is 1.23 bits per heavy atom. The van der Waals surface area contributed by atoms with Crippen molar-refractivity contribution in [1.82, 2.24) is 0 Å². The van der Waals surface area contributed by atoms with Gasteiger partial charge in [0.15, 0.2) is 5.79 Å². The summed E-state index contributed by atoms with van der Waals surface area (Å²) in [5.74, 6) is 0.375. The van der Waals surface area contributed by atoms with Crippen LogP contribution in [0.15, 0.2) is 12.2 Å². The number of carbonyl (C=O) groups excluding carboxylic acids is 1. The second kappa shape index (κ2) is 5.17. The van der Waals surface area contributed by atoms with Crippen LogP contribution in [-0.2, 0) is 14.3 Å². The van der Waals surface area contributed by atoms with Crippen LogP contribution in [0.3, 0.4) is 0 Å². The predicted molar refractivity (Wildman–Crippen MR) is 86.4 cm³/mol. The number of fused-ring (bicyclic) bond motifs is 3. The first-order valence-electron chi connectivity index (χ1n) is 8.66. The first-order chi connectivity index (χ1) is 10.2. The van der Waals surface area contributed by atoms with Crippen LogP contribution in [0, 0.1) is 22.7 Å². The van der Waals surface area contributed by atoms with Gasteiger partial charge in [0.1, 0.15) is 6.29 Å². The molecule has 1 saturated heterocycles. The molecule has 22 heavy (non-hydrogen) atoms. The van der Waals surface area contributed by atoms with Crippen molar-refractivity contribution >= 4 is 6.29 Å². The quantitative estimate of drug-likeness (QED) is 0.569. The molecule has 3 heteroatoms. The van der Waals surface area contributed by atoms with Crippen LogP contribution < -0.4 is 0 Å². The van der Waals surface area contributed by atoms with Gasteiger partial charge in [0.05, 0.1) is 12.7 Å². The van der Waals surface area contributed by atoms with Crippen molar-refractivity contribution in [3.63, 3.8) is 0 Å². The maximum Gasteiger partial charge on any atom is 0.163 e. The van der Waals surface area contributed by atoms with Gasteiger partial charge in [-0.25, -0.2) is 0 Å². The fourth-order valence-electron chi connectivity index (χ4n) is 5.60. The molecule has 3 rings (SSSR count). The van der Waals surface area contributed by atoms with Crippen LogP contribution in [0.25, 0.3) is 0 Å². The van der Waals surface area contributed by atoms with Crippen LogP contribution in [0.4, 0.5) is 0 Å². The lowest BCUT2D eigenvalue weighted by Gasteiger charge is -2.63. The summed E-state index contributed by atoms with van der Waals surface area (Å²) in [4.78, 5) is 11.2. The molecule has 0 amide bonds. The number of aldehydes is 1. The van der Waals surface area contributed by atoms with E-state index in [9.17, 15) is 4.79 Å². The SMILES string of the molecule is C=C1CC[C@@H]2[C@]3(C)COC(C)(C)O[C@@H]3CC[C@@]2(C)[C@@H]1CC=O. The topological polar surface area (TPSA) is 35.5 Å². The van der Waals surface area contributed by atoms with Gasteiger partial charge in [-0.15, -0.1) is 0 Å². The fourth-order valence-corrected chi connectivity index (χ4v) is 5.60. The normalized spacial score (nSPS) is 47.5. The number of rotatable bonds is 2. The maximum absolute atomic E-state index is 11.2. The minimum Gasteiger partial charge on any atom is -0.350 e. The molecule has 0 unspecified atom stereocenters. The first kappa shape index (κ1) is 16.2. The molecule has 0 aromatic heterocycles. The van der Waals surface area contributed by atoms with Crippen molar-refractivity contribution in [1.29, 1.82) is 0 Å². The molecule has 1 heterocycles. The molecule has 0 bridgehead atoms. The Kier molecular flexibility index (Phi) is 3.81. The standard InChI is InChI=1S/C19H30O3/c1-13-6-7-15-18(4,14(13)9-11-20)10-8-16-19(15,5)12-21-17(2,3)22-16/h11,14-16H,1,6-10,12H2,2-5H3/t14-,15+,16-,18+,19+/m1/s1. The lowest BCUT2D eigenvalue weighted by molar-refractivity contribution is -0.344. The van der Waals surface area contributed by atoms with Gasteiger partial charge in [0, 0.05) is 11.8 Å². The predicted octanol–water partition coefficient (Wildman–Crippen LogP) is 4.12. The molecule has 2 saturated carbocycles. The maximum atomic E-state index is 11.2. The van der Waals surface area contributed by atoms with E-state index in [-0.39, 0.29) is 16.9 Å². The zero-order valence-electron chi connectivity index (χ0n) is 14.5. The molecule has 3 nitrogen and oxygen atoms in total. The van der Waals surface area contributed by atoms with Gasteiger partial charge >= 0.3 is 0 Å². The molecule has 2 aliphatic carbocycles. The highest BCUT2D eigenvalue weighted by Gasteiger charge is 2.60. The Balaban J connectivity index is 1.93. The van der Waals surface area contributed by atoms with Crippen LogP contribution in [-0.4, -0.2) is 24.8 Å². The molecule has 0 aromatic carbocycles. The third-order valence-corrected chi connectivity index (χ3v) is 6.80. The van der Waals surface area contributed by atoms with Gasteiger partial charge in [0.2, 0.25) is 0 Å². The molecule has 3 aliphatic rings. The molecule has 0 N–H and O–H groups in total. The summed E-state index contributed by atoms with van der Waals surface area (Å²) in [6.45, 7) is 13.8. The third-order valence-electron chi connectivity index (χ3n) is 6.80. The number of ether oxygens (including phenoxy) is 2. The largest absolute Gasteiger partial charge is 0.350 e. The Hall–Kier alpha value is -0.670. The minimum absolute atomic E-state index is 0.0460. The lowest BCUT2D eigenvalue weighted by Crippen LogP contribution is -2.63.